The fourth-order valence-corrected chi connectivity index (χ4v) is 4.17. The predicted molar refractivity (Wildman–Crippen MR) is 83.8 cm³/mol. The molecule has 2 aliphatic carbocycles. The van der Waals surface area contributed by atoms with E-state index in [-0.39, 0.29) is 5.82 Å². The first-order valence-electron chi connectivity index (χ1n) is 8.24. The molecule has 3 atom stereocenters. The summed E-state index contributed by atoms with van der Waals surface area (Å²) in [6, 6.07) is 1.77. The van der Waals surface area contributed by atoms with Crippen molar-refractivity contribution in [2.24, 2.45) is 17.8 Å². The fourth-order valence-electron chi connectivity index (χ4n) is 4.17. The third-order valence-electron chi connectivity index (χ3n) is 5.27. The van der Waals surface area contributed by atoms with E-state index in [1.807, 2.05) is 18.9 Å². The average molecular weight is 291 g/mol. The van der Waals surface area contributed by atoms with Crippen LogP contribution in [0.5, 0.6) is 0 Å². The zero-order valence-corrected chi connectivity index (χ0v) is 13.1. The Morgan fingerprint density at radius 1 is 1.38 bits per heavy atom. The lowest BCUT2D eigenvalue weighted by Crippen LogP contribution is -2.30. The fraction of sp³-hybridized carbons (Fsp3) is 0.706. The van der Waals surface area contributed by atoms with E-state index in [4.69, 9.17) is 0 Å². The van der Waals surface area contributed by atoms with Crippen molar-refractivity contribution in [1.82, 2.24) is 10.3 Å². The molecule has 1 aromatic rings. The summed E-state index contributed by atoms with van der Waals surface area (Å²) in [4.78, 5) is 6.30. The molecule has 2 aliphatic rings. The smallest absolute Gasteiger partial charge is 0.170 e. The maximum Gasteiger partial charge on any atom is 0.170 e. The number of anilines is 1. The zero-order chi connectivity index (χ0) is 14.8. The van der Waals surface area contributed by atoms with Crippen LogP contribution in [0.25, 0.3) is 0 Å². The molecule has 3 nitrogen and oxygen atoms in total. The number of fused-ring (bicyclic) bond motifs is 2. The largest absolute Gasteiger partial charge is 0.357 e. The van der Waals surface area contributed by atoms with Crippen LogP contribution < -0.4 is 10.2 Å². The average Bonchev–Trinajstić information content (AvgIpc) is 3.08. The lowest BCUT2D eigenvalue weighted by Gasteiger charge is -2.28. The summed E-state index contributed by atoms with van der Waals surface area (Å²) in [6.07, 6.45) is 7.24. The van der Waals surface area contributed by atoms with E-state index in [0.29, 0.717) is 17.9 Å². The number of rotatable bonds is 6. The SMILES string of the molecule is CCNCc1ccnc(N(C)CC2CC3CCC2C3)c1F. The van der Waals surface area contributed by atoms with E-state index in [2.05, 4.69) is 10.3 Å². The van der Waals surface area contributed by atoms with Crippen LogP contribution in [-0.2, 0) is 6.54 Å². The maximum absolute atomic E-state index is 14.6. The first-order valence-corrected chi connectivity index (χ1v) is 8.24. The Kier molecular flexibility index (Phi) is 4.43. The minimum absolute atomic E-state index is 0.163. The van der Waals surface area contributed by atoms with Crippen LogP contribution in [0.2, 0.25) is 0 Å². The Morgan fingerprint density at radius 2 is 2.24 bits per heavy atom. The van der Waals surface area contributed by atoms with Crippen molar-refractivity contribution in [3.8, 4) is 0 Å². The number of halogens is 1. The van der Waals surface area contributed by atoms with Crippen LogP contribution in [0.3, 0.4) is 0 Å². The topological polar surface area (TPSA) is 28.2 Å². The van der Waals surface area contributed by atoms with Crippen LogP contribution in [0.1, 0.15) is 38.2 Å². The van der Waals surface area contributed by atoms with Gasteiger partial charge in [0.1, 0.15) is 0 Å². The first kappa shape index (κ1) is 14.8. The Balaban J connectivity index is 1.68. The minimum atomic E-state index is -0.163. The molecular weight excluding hydrogens is 265 g/mol. The standard InChI is InChI=1S/C17H26FN3/c1-3-19-10-14-6-7-20-17(16(14)18)21(2)11-15-9-12-4-5-13(15)8-12/h6-7,12-13,15,19H,3-5,8-11H2,1-2H3. The molecule has 0 amide bonds. The third kappa shape index (κ3) is 3.05. The quantitative estimate of drug-likeness (QED) is 0.872. The second kappa shape index (κ2) is 6.30. The van der Waals surface area contributed by atoms with Crippen molar-refractivity contribution < 1.29 is 4.39 Å². The van der Waals surface area contributed by atoms with Gasteiger partial charge in [0.25, 0.3) is 0 Å². The molecular formula is C17H26FN3. The highest BCUT2D eigenvalue weighted by molar-refractivity contribution is 5.42. The number of hydrogen-bond donors (Lipinski definition) is 1. The van der Waals surface area contributed by atoms with Crippen LogP contribution >= 0.6 is 0 Å². The summed E-state index contributed by atoms with van der Waals surface area (Å²) < 4.78 is 14.6. The first-order chi connectivity index (χ1) is 10.2. The molecule has 21 heavy (non-hydrogen) atoms. The van der Waals surface area contributed by atoms with Crippen LogP contribution in [-0.4, -0.2) is 25.1 Å². The molecule has 1 heterocycles. The molecule has 0 aromatic carbocycles. The number of hydrogen-bond acceptors (Lipinski definition) is 3. The summed E-state index contributed by atoms with van der Waals surface area (Å²) in [5, 5.41) is 3.18. The number of nitrogens with zero attached hydrogens (tertiary/aromatic N) is 2. The summed E-state index contributed by atoms with van der Waals surface area (Å²) in [7, 11) is 1.98. The van der Waals surface area contributed by atoms with Crippen LogP contribution in [0.4, 0.5) is 10.2 Å². The molecule has 0 spiro atoms. The van der Waals surface area contributed by atoms with Crippen molar-refractivity contribution >= 4 is 5.82 Å². The highest BCUT2D eigenvalue weighted by Crippen LogP contribution is 2.48. The number of pyridine rings is 1. The van der Waals surface area contributed by atoms with Gasteiger partial charge in [-0.2, -0.15) is 0 Å². The van der Waals surface area contributed by atoms with E-state index in [1.54, 1.807) is 12.3 Å². The van der Waals surface area contributed by atoms with Gasteiger partial charge < -0.3 is 10.2 Å². The normalized spacial score (nSPS) is 27.3. The lowest BCUT2D eigenvalue weighted by molar-refractivity contribution is 0.336. The van der Waals surface area contributed by atoms with Gasteiger partial charge >= 0.3 is 0 Å². The third-order valence-corrected chi connectivity index (χ3v) is 5.27. The molecule has 3 rings (SSSR count). The van der Waals surface area contributed by atoms with Gasteiger partial charge in [0, 0.05) is 31.9 Å². The molecule has 0 saturated heterocycles. The van der Waals surface area contributed by atoms with E-state index in [9.17, 15) is 4.39 Å². The molecule has 2 fully saturated rings. The molecule has 3 unspecified atom stereocenters. The van der Waals surface area contributed by atoms with Gasteiger partial charge in [-0.05, 0) is 49.6 Å². The van der Waals surface area contributed by atoms with Gasteiger partial charge in [-0.1, -0.05) is 13.3 Å². The Hall–Kier alpha value is -1.16. The van der Waals surface area contributed by atoms with Gasteiger partial charge in [-0.3, -0.25) is 0 Å². The highest BCUT2D eigenvalue weighted by atomic mass is 19.1. The van der Waals surface area contributed by atoms with Crippen LogP contribution in [0.15, 0.2) is 12.3 Å². The Labute approximate surface area is 126 Å². The monoisotopic (exact) mass is 291 g/mol. The van der Waals surface area contributed by atoms with Crippen molar-refractivity contribution in [2.75, 3.05) is 25.0 Å². The second-order valence-electron chi connectivity index (χ2n) is 6.70. The number of nitrogens with one attached hydrogen (secondary N) is 1. The van der Waals surface area contributed by atoms with Gasteiger partial charge in [0.15, 0.2) is 11.6 Å². The van der Waals surface area contributed by atoms with Crippen molar-refractivity contribution in [3.63, 3.8) is 0 Å². The predicted octanol–water partition coefficient (Wildman–Crippen LogP) is 3.20. The molecule has 1 aromatic heterocycles. The van der Waals surface area contributed by atoms with Gasteiger partial charge in [-0.15, -0.1) is 0 Å². The molecule has 116 valence electrons. The number of aromatic nitrogens is 1. The van der Waals surface area contributed by atoms with E-state index in [0.717, 1.165) is 30.8 Å². The van der Waals surface area contributed by atoms with E-state index in [1.165, 1.54) is 25.7 Å². The summed E-state index contributed by atoms with van der Waals surface area (Å²) in [5.41, 5.74) is 0.710. The Bertz CT molecular complexity index is 491. The van der Waals surface area contributed by atoms with Crippen molar-refractivity contribution in [1.29, 1.82) is 0 Å². The van der Waals surface area contributed by atoms with E-state index >= 15 is 0 Å². The van der Waals surface area contributed by atoms with E-state index < -0.39 is 0 Å². The summed E-state index contributed by atoms with van der Waals surface area (Å²) in [6.45, 7) is 4.38. The van der Waals surface area contributed by atoms with Crippen LogP contribution in [0, 0.1) is 23.6 Å². The van der Waals surface area contributed by atoms with Gasteiger partial charge in [-0.25, -0.2) is 9.37 Å². The lowest BCUT2D eigenvalue weighted by atomic mass is 9.88. The molecule has 2 saturated carbocycles. The summed E-state index contributed by atoms with van der Waals surface area (Å²) in [5.74, 6) is 2.88. The highest BCUT2D eigenvalue weighted by Gasteiger charge is 2.39. The maximum atomic E-state index is 14.6. The van der Waals surface area contributed by atoms with Crippen molar-refractivity contribution in [3.05, 3.63) is 23.6 Å². The molecule has 1 N–H and O–H groups in total. The molecule has 4 heteroatoms. The van der Waals surface area contributed by atoms with Gasteiger partial charge in [0.05, 0.1) is 0 Å². The Morgan fingerprint density at radius 3 is 2.90 bits per heavy atom. The van der Waals surface area contributed by atoms with Gasteiger partial charge in [0.2, 0.25) is 0 Å². The molecule has 2 bridgehead atoms. The van der Waals surface area contributed by atoms with Crippen molar-refractivity contribution in [2.45, 2.75) is 39.2 Å². The minimum Gasteiger partial charge on any atom is -0.357 e. The zero-order valence-electron chi connectivity index (χ0n) is 13.1. The second-order valence-corrected chi connectivity index (χ2v) is 6.70. The summed E-state index contributed by atoms with van der Waals surface area (Å²) >= 11 is 0. The molecule has 0 radical (unpaired) electrons. The molecule has 0 aliphatic heterocycles.